The predicted molar refractivity (Wildman–Crippen MR) is 39.8 cm³/mol. The Bertz CT molecular complexity index is 314. The SMILES string of the molecule is O=Cc1[nH]nc2c1CN=CN2. The minimum atomic E-state index is 0.504. The van der Waals surface area contributed by atoms with Crippen LogP contribution in [0.25, 0.3) is 0 Å². The van der Waals surface area contributed by atoms with Crippen LogP contribution in [0.2, 0.25) is 0 Å². The third-order valence-corrected chi connectivity index (χ3v) is 1.56. The van der Waals surface area contributed by atoms with Gasteiger partial charge >= 0.3 is 0 Å². The van der Waals surface area contributed by atoms with Gasteiger partial charge in [0.15, 0.2) is 12.1 Å². The van der Waals surface area contributed by atoms with E-state index < -0.39 is 0 Å². The molecule has 0 aliphatic carbocycles. The first-order chi connectivity index (χ1) is 5.42. The maximum absolute atomic E-state index is 10.4. The van der Waals surface area contributed by atoms with E-state index >= 15 is 0 Å². The van der Waals surface area contributed by atoms with Gasteiger partial charge in [-0.1, -0.05) is 0 Å². The standard InChI is InChI=1S/C6H6N4O/c11-2-5-4-1-7-3-8-6(4)10-9-5/h2-3H,1H2,(H2,7,8,9,10). The van der Waals surface area contributed by atoms with Gasteiger partial charge < -0.3 is 5.32 Å². The second-order valence-corrected chi connectivity index (χ2v) is 2.20. The maximum Gasteiger partial charge on any atom is 0.168 e. The quantitative estimate of drug-likeness (QED) is 0.561. The third kappa shape index (κ3) is 0.813. The van der Waals surface area contributed by atoms with E-state index in [0.717, 1.165) is 11.8 Å². The van der Waals surface area contributed by atoms with Crippen LogP contribution in [-0.4, -0.2) is 22.8 Å². The number of aliphatic imine (C=N–C) groups is 1. The first-order valence-corrected chi connectivity index (χ1v) is 3.19. The molecule has 0 aromatic carbocycles. The van der Waals surface area contributed by atoms with Gasteiger partial charge in [0.1, 0.15) is 5.69 Å². The zero-order valence-corrected chi connectivity index (χ0v) is 5.66. The molecule has 0 amide bonds. The zero-order chi connectivity index (χ0) is 7.68. The van der Waals surface area contributed by atoms with Crippen LogP contribution in [0.1, 0.15) is 16.1 Å². The number of rotatable bonds is 1. The van der Waals surface area contributed by atoms with Crippen molar-refractivity contribution in [3.63, 3.8) is 0 Å². The van der Waals surface area contributed by atoms with E-state index in [4.69, 9.17) is 0 Å². The minimum absolute atomic E-state index is 0.504. The average Bonchev–Trinajstić information content (AvgIpc) is 2.47. The number of fused-ring (bicyclic) bond motifs is 1. The molecule has 2 rings (SSSR count). The summed E-state index contributed by atoms with van der Waals surface area (Å²) in [5.41, 5.74) is 1.34. The lowest BCUT2D eigenvalue weighted by Gasteiger charge is -2.03. The Morgan fingerprint density at radius 1 is 1.64 bits per heavy atom. The number of nitrogens with zero attached hydrogens (tertiary/aromatic N) is 2. The molecule has 0 saturated carbocycles. The Morgan fingerprint density at radius 2 is 2.55 bits per heavy atom. The summed E-state index contributed by atoms with van der Waals surface area (Å²) in [6, 6.07) is 0. The normalized spacial score (nSPS) is 13.8. The number of carbonyl (C=O) groups excluding carboxylic acids is 1. The Balaban J connectivity index is 2.50. The first-order valence-electron chi connectivity index (χ1n) is 3.19. The summed E-state index contributed by atoms with van der Waals surface area (Å²) in [7, 11) is 0. The molecule has 5 heteroatoms. The van der Waals surface area contributed by atoms with Gasteiger partial charge in [0.2, 0.25) is 0 Å². The highest BCUT2D eigenvalue weighted by Crippen LogP contribution is 2.17. The third-order valence-electron chi connectivity index (χ3n) is 1.56. The largest absolute Gasteiger partial charge is 0.330 e. The van der Waals surface area contributed by atoms with Crippen LogP contribution in [0.15, 0.2) is 4.99 Å². The lowest BCUT2D eigenvalue weighted by Crippen LogP contribution is -2.04. The van der Waals surface area contributed by atoms with Crippen LogP contribution >= 0.6 is 0 Å². The molecular weight excluding hydrogens is 144 g/mol. The van der Waals surface area contributed by atoms with Crippen LogP contribution < -0.4 is 5.32 Å². The van der Waals surface area contributed by atoms with E-state index in [1.807, 2.05) is 0 Å². The molecule has 0 saturated heterocycles. The van der Waals surface area contributed by atoms with Crippen molar-refractivity contribution in [3.8, 4) is 0 Å². The summed E-state index contributed by atoms with van der Waals surface area (Å²) in [5.74, 6) is 0.696. The number of aromatic nitrogens is 2. The van der Waals surface area contributed by atoms with E-state index in [1.165, 1.54) is 0 Å². The predicted octanol–water partition coefficient (Wildman–Crippen LogP) is 0.176. The molecule has 56 valence electrons. The highest BCUT2D eigenvalue weighted by molar-refractivity contribution is 5.83. The van der Waals surface area contributed by atoms with Crippen LogP contribution in [0.3, 0.4) is 0 Å². The van der Waals surface area contributed by atoms with Gasteiger partial charge in [-0.25, -0.2) is 0 Å². The molecule has 0 bridgehead atoms. The average molecular weight is 150 g/mol. The molecule has 0 spiro atoms. The van der Waals surface area contributed by atoms with E-state index in [-0.39, 0.29) is 0 Å². The van der Waals surface area contributed by atoms with E-state index in [0.29, 0.717) is 18.1 Å². The fourth-order valence-electron chi connectivity index (χ4n) is 0.999. The van der Waals surface area contributed by atoms with Crippen molar-refractivity contribution in [1.82, 2.24) is 10.2 Å². The molecule has 5 nitrogen and oxygen atoms in total. The lowest BCUT2D eigenvalue weighted by molar-refractivity contribution is 0.111. The topological polar surface area (TPSA) is 70.1 Å². The lowest BCUT2D eigenvalue weighted by atomic mass is 10.2. The summed E-state index contributed by atoms with van der Waals surface area (Å²) >= 11 is 0. The molecule has 11 heavy (non-hydrogen) atoms. The van der Waals surface area contributed by atoms with E-state index in [1.54, 1.807) is 6.34 Å². The first kappa shape index (κ1) is 6.09. The van der Waals surface area contributed by atoms with E-state index in [9.17, 15) is 4.79 Å². The maximum atomic E-state index is 10.4. The second kappa shape index (κ2) is 2.19. The van der Waals surface area contributed by atoms with E-state index in [2.05, 4.69) is 20.5 Å². The number of H-pyrrole nitrogens is 1. The number of carbonyl (C=O) groups is 1. The van der Waals surface area contributed by atoms with Crippen molar-refractivity contribution in [2.75, 3.05) is 5.32 Å². The van der Waals surface area contributed by atoms with Crippen molar-refractivity contribution in [3.05, 3.63) is 11.3 Å². The molecule has 1 aliphatic rings. The van der Waals surface area contributed by atoms with Gasteiger partial charge in [-0.05, 0) is 0 Å². The molecule has 2 N–H and O–H groups in total. The smallest absolute Gasteiger partial charge is 0.168 e. The van der Waals surface area contributed by atoms with Crippen LogP contribution in [0.5, 0.6) is 0 Å². The molecule has 1 aromatic heterocycles. The van der Waals surface area contributed by atoms with Crippen molar-refractivity contribution in [2.24, 2.45) is 4.99 Å². The Kier molecular flexibility index (Phi) is 1.21. The number of nitrogens with one attached hydrogen (secondary N) is 2. The Hall–Kier alpha value is -1.65. The van der Waals surface area contributed by atoms with Crippen LogP contribution in [0.4, 0.5) is 5.82 Å². The molecule has 1 aromatic rings. The molecule has 0 atom stereocenters. The molecule has 0 unspecified atom stereocenters. The zero-order valence-electron chi connectivity index (χ0n) is 5.66. The summed E-state index contributed by atoms with van der Waals surface area (Å²) in [5, 5.41) is 9.30. The van der Waals surface area contributed by atoms with Crippen molar-refractivity contribution < 1.29 is 4.79 Å². The molecule has 0 radical (unpaired) electrons. The molecule has 0 fully saturated rings. The van der Waals surface area contributed by atoms with Gasteiger partial charge in [0.25, 0.3) is 0 Å². The molecular formula is C6H6N4O. The highest BCUT2D eigenvalue weighted by atomic mass is 16.1. The van der Waals surface area contributed by atoms with Gasteiger partial charge in [0, 0.05) is 5.56 Å². The number of anilines is 1. The van der Waals surface area contributed by atoms with Gasteiger partial charge in [-0.3, -0.25) is 14.9 Å². The van der Waals surface area contributed by atoms with Crippen molar-refractivity contribution >= 4 is 18.4 Å². The summed E-state index contributed by atoms with van der Waals surface area (Å²) in [4.78, 5) is 14.3. The fraction of sp³-hybridized carbons (Fsp3) is 0.167. The Morgan fingerprint density at radius 3 is 3.36 bits per heavy atom. The minimum Gasteiger partial charge on any atom is -0.330 e. The summed E-state index contributed by atoms with van der Waals surface area (Å²) in [6.45, 7) is 0.521. The van der Waals surface area contributed by atoms with Crippen molar-refractivity contribution in [2.45, 2.75) is 6.54 Å². The second-order valence-electron chi connectivity index (χ2n) is 2.20. The van der Waals surface area contributed by atoms with Gasteiger partial charge in [-0.2, -0.15) is 5.10 Å². The highest BCUT2D eigenvalue weighted by Gasteiger charge is 2.12. The number of hydrogen-bond acceptors (Lipinski definition) is 4. The summed E-state index contributed by atoms with van der Waals surface area (Å²) < 4.78 is 0. The monoisotopic (exact) mass is 150 g/mol. The number of hydrogen-bond donors (Lipinski definition) is 2. The van der Waals surface area contributed by atoms with Crippen molar-refractivity contribution in [1.29, 1.82) is 0 Å². The van der Waals surface area contributed by atoms with Crippen LogP contribution in [0, 0.1) is 0 Å². The molecule has 2 heterocycles. The Labute approximate surface area is 62.5 Å². The van der Waals surface area contributed by atoms with Crippen LogP contribution in [-0.2, 0) is 6.54 Å². The summed E-state index contributed by atoms with van der Waals surface area (Å²) in [6.07, 6.45) is 2.31. The number of aromatic amines is 1. The number of aldehydes is 1. The molecule has 1 aliphatic heterocycles. The van der Waals surface area contributed by atoms with Gasteiger partial charge in [0.05, 0.1) is 12.9 Å². The van der Waals surface area contributed by atoms with Gasteiger partial charge in [-0.15, -0.1) is 0 Å². The fourth-order valence-corrected chi connectivity index (χ4v) is 0.999.